The van der Waals surface area contributed by atoms with E-state index in [2.05, 4.69) is 54.1 Å². The third-order valence-corrected chi connectivity index (χ3v) is 1.85. The van der Waals surface area contributed by atoms with Crippen LogP contribution in [0.1, 0.15) is 0 Å². The Morgan fingerprint density at radius 1 is 1.44 bits per heavy atom. The zero-order valence-electron chi connectivity index (χ0n) is 5.26. The summed E-state index contributed by atoms with van der Waals surface area (Å²) in [4.78, 5) is 0. The van der Waals surface area contributed by atoms with Gasteiger partial charge in [-0.1, -0.05) is 30.5 Å². The monoisotopic (exact) mass is 229 g/mol. The van der Waals surface area contributed by atoms with Gasteiger partial charge in [-0.15, -0.1) is 0 Å². The molecule has 0 aliphatic rings. The van der Waals surface area contributed by atoms with E-state index in [1.807, 2.05) is 6.82 Å². The maximum atomic E-state index is 2.31. The largest absolute Gasteiger partial charge is 0.148 e. The molecule has 0 unspecified atom stereocenters. The topological polar surface area (TPSA) is 0 Å². The molecule has 0 amide bonds. The molecule has 0 bridgehead atoms. The molecule has 1 rings (SSSR count). The molecule has 1 aromatic rings. The Labute approximate surface area is 70.0 Å². The summed E-state index contributed by atoms with van der Waals surface area (Å²) in [6.45, 7) is 2.05. The van der Waals surface area contributed by atoms with Gasteiger partial charge in [0, 0.05) is 3.57 Å². The molecule has 0 N–H and O–H groups in total. The Morgan fingerprint density at radius 2 is 2.22 bits per heavy atom. The van der Waals surface area contributed by atoms with Crippen molar-refractivity contribution in [1.29, 1.82) is 0 Å². The molecule has 0 saturated heterocycles. The van der Waals surface area contributed by atoms with E-state index in [9.17, 15) is 0 Å². The maximum Gasteiger partial charge on any atom is 0.148 e. The number of hydrogen-bond donors (Lipinski definition) is 0. The first-order chi connectivity index (χ1) is 4.33. The first kappa shape index (κ1) is 7.13. The fourth-order valence-electron chi connectivity index (χ4n) is 0.686. The summed E-state index contributed by atoms with van der Waals surface area (Å²) in [6.07, 6.45) is 0. The summed E-state index contributed by atoms with van der Waals surface area (Å²) < 4.78 is 1.29. The highest BCUT2D eigenvalue weighted by molar-refractivity contribution is 14.1. The Balaban J connectivity index is 2.94. The molecule has 0 atom stereocenters. The van der Waals surface area contributed by atoms with Gasteiger partial charge in [-0.2, -0.15) is 0 Å². The zero-order chi connectivity index (χ0) is 6.69. The smallest absolute Gasteiger partial charge is 0.0872 e. The molecule has 0 fully saturated rings. The molecule has 45 valence electrons. The molecular weight excluding hydrogens is 222 g/mol. The molecule has 0 aliphatic heterocycles. The Kier molecular flexibility index (Phi) is 2.57. The van der Waals surface area contributed by atoms with E-state index in [4.69, 9.17) is 0 Å². The van der Waals surface area contributed by atoms with Crippen LogP contribution in [0.3, 0.4) is 0 Å². The van der Waals surface area contributed by atoms with Gasteiger partial charge in [0.15, 0.2) is 0 Å². The summed E-state index contributed by atoms with van der Waals surface area (Å²) >= 11 is 2.31. The zero-order valence-corrected chi connectivity index (χ0v) is 7.42. The van der Waals surface area contributed by atoms with E-state index in [0.29, 0.717) is 0 Å². The molecule has 0 heterocycles. The molecule has 0 aliphatic carbocycles. The van der Waals surface area contributed by atoms with Gasteiger partial charge in [0.25, 0.3) is 0 Å². The number of rotatable bonds is 1. The van der Waals surface area contributed by atoms with E-state index >= 15 is 0 Å². The minimum atomic E-state index is 1.29. The lowest BCUT2D eigenvalue weighted by Crippen LogP contribution is -2.09. The second-order valence-electron chi connectivity index (χ2n) is 1.84. The van der Waals surface area contributed by atoms with Crippen LogP contribution >= 0.6 is 22.6 Å². The van der Waals surface area contributed by atoms with Crippen molar-refractivity contribution in [3.05, 3.63) is 27.8 Å². The van der Waals surface area contributed by atoms with Gasteiger partial charge in [0.2, 0.25) is 0 Å². The Morgan fingerprint density at radius 3 is 2.67 bits per heavy atom. The second-order valence-corrected chi connectivity index (χ2v) is 3.09. The van der Waals surface area contributed by atoms with Crippen LogP contribution in [0.5, 0.6) is 0 Å². The van der Waals surface area contributed by atoms with Crippen LogP contribution in [0.2, 0.25) is 6.82 Å². The maximum absolute atomic E-state index is 2.31. The standard InChI is InChI=1S/C7H7BI/c1-8-6-3-2-4-7(9)5-6/h2-5H,1H3. The van der Waals surface area contributed by atoms with Crippen LogP contribution in [0.4, 0.5) is 0 Å². The van der Waals surface area contributed by atoms with E-state index in [-0.39, 0.29) is 0 Å². The van der Waals surface area contributed by atoms with Crippen molar-refractivity contribution in [2.24, 2.45) is 0 Å². The van der Waals surface area contributed by atoms with Gasteiger partial charge in [-0.3, -0.25) is 0 Å². The van der Waals surface area contributed by atoms with Crippen molar-refractivity contribution in [1.82, 2.24) is 0 Å². The molecule has 1 radical (unpaired) electrons. The van der Waals surface area contributed by atoms with Crippen molar-refractivity contribution >= 4 is 35.3 Å². The third-order valence-electron chi connectivity index (χ3n) is 1.18. The molecule has 9 heavy (non-hydrogen) atoms. The van der Waals surface area contributed by atoms with Crippen molar-refractivity contribution in [3.63, 3.8) is 0 Å². The highest BCUT2D eigenvalue weighted by atomic mass is 127. The average molecular weight is 229 g/mol. The minimum absolute atomic E-state index is 1.29. The summed E-state index contributed by atoms with van der Waals surface area (Å²) in [7, 11) is 2.10. The molecule has 2 heteroatoms. The molecule has 0 spiro atoms. The number of benzene rings is 1. The summed E-state index contributed by atoms with van der Waals surface area (Å²) in [5.41, 5.74) is 1.29. The van der Waals surface area contributed by atoms with Crippen molar-refractivity contribution < 1.29 is 0 Å². The quantitative estimate of drug-likeness (QED) is 0.507. The highest BCUT2D eigenvalue weighted by Crippen LogP contribution is 1.99. The fourth-order valence-corrected chi connectivity index (χ4v) is 1.25. The number of hydrogen-bond acceptors (Lipinski definition) is 0. The lowest BCUT2D eigenvalue weighted by molar-refractivity contribution is 1.69. The lowest BCUT2D eigenvalue weighted by atomic mass is 9.74. The van der Waals surface area contributed by atoms with E-state index in [1.54, 1.807) is 0 Å². The number of halogens is 1. The lowest BCUT2D eigenvalue weighted by Gasteiger charge is -1.93. The Bertz CT molecular complexity index is 198. The van der Waals surface area contributed by atoms with Crippen LogP contribution < -0.4 is 5.46 Å². The molecule has 0 saturated carbocycles. The second kappa shape index (κ2) is 3.25. The Hall–Kier alpha value is 0.0149. The van der Waals surface area contributed by atoms with Gasteiger partial charge >= 0.3 is 0 Å². The summed E-state index contributed by atoms with van der Waals surface area (Å²) in [5, 5.41) is 0. The summed E-state index contributed by atoms with van der Waals surface area (Å²) in [6, 6.07) is 8.41. The minimum Gasteiger partial charge on any atom is -0.0872 e. The van der Waals surface area contributed by atoms with Crippen LogP contribution in [0.25, 0.3) is 0 Å². The van der Waals surface area contributed by atoms with Gasteiger partial charge in [-0.05, 0) is 28.7 Å². The molecule has 0 nitrogen and oxygen atoms in total. The van der Waals surface area contributed by atoms with Gasteiger partial charge < -0.3 is 0 Å². The van der Waals surface area contributed by atoms with E-state index in [1.165, 1.54) is 9.03 Å². The van der Waals surface area contributed by atoms with Crippen molar-refractivity contribution in [3.8, 4) is 0 Å². The predicted molar refractivity (Wildman–Crippen MR) is 50.4 cm³/mol. The van der Waals surface area contributed by atoms with Gasteiger partial charge in [-0.25, -0.2) is 0 Å². The molecule has 0 aromatic heterocycles. The third kappa shape index (κ3) is 2.01. The summed E-state index contributed by atoms with van der Waals surface area (Å²) in [5.74, 6) is 0. The SMILES string of the molecule is C[B]c1cccc(I)c1. The van der Waals surface area contributed by atoms with Crippen LogP contribution in [-0.4, -0.2) is 7.28 Å². The first-order valence-electron chi connectivity index (χ1n) is 2.88. The van der Waals surface area contributed by atoms with Gasteiger partial charge in [0.05, 0.1) is 0 Å². The average Bonchev–Trinajstić information content (AvgIpc) is 1.88. The van der Waals surface area contributed by atoms with Crippen LogP contribution in [0.15, 0.2) is 24.3 Å². The van der Waals surface area contributed by atoms with Crippen molar-refractivity contribution in [2.45, 2.75) is 6.82 Å². The predicted octanol–water partition coefficient (Wildman–Crippen LogP) is 1.67. The molecular formula is C7H7BI. The fraction of sp³-hybridized carbons (Fsp3) is 0.143. The van der Waals surface area contributed by atoms with Crippen LogP contribution in [0, 0.1) is 3.57 Å². The van der Waals surface area contributed by atoms with Crippen LogP contribution in [-0.2, 0) is 0 Å². The highest BCUT2D eigenvalue weighted by Gasteiger charge is 1.88. The van der Waals surface area contributed by atoms with E-state index < -0.39 is 0 Å². The van der Waals surface area contributed by atoms with E-state index in [0.717, 1.165) is 0 Å². The van der Waals surface area contributed by atoms with Gasteiger partial charge in [0.1, 0.15) is 7.28 Å². The van der Waals surface area contributed by atoms with Crippen molar-refractivity contribution in [2.75, 3.05) is 0 Å². The normalized spacial score (nSPS) is 9.11. The first-order valence-corrected chi connectivity index (χ1v) is 3.96. The molecule has 1 aromatic carbocycles.